The third-order valence-electron chi connectivity index (χ3n) is 7.23. The molecule has 0 radical (unpaired) electrons. The molecule has 1 aliphatic rings. The van der Waals surface area contributed by atoms with Gasteiger partial charge in [-0.25, -0.2) is 0 Å². The van der Waals surface area contributed by atoms with Gasteiger partial charge >= 0.3 is 0 Å². The van der Waals surface area contributed by atoms with E-state index in [1.165, 1.54) is 16.0 Å². The van der Waals surface area contributed by atoms with E-state index in [2.05, 4.69) is 51.3 Å². The first kappa shape index (κ1) is 27.9. The van der Waals surface area contributed by atoms with E-state index in [0.29, 0.717) is 31.2 Å². The number of hydrogen-bond donors (Lipinski definition) is 0. The van der Waals surface area contributed by atoms with Gasteiger partial charge in [0.05, 0.1) is 12.6 Å². The number of benzene rings is 2. The summed E-state index contributed by atoms with van der Waals surface area (Å²) in [5.74, 6) is 1.07. The van der Waals surface area contributed by atoms with Crippen LogP contribution < -0.4 is 4.74 Å². The second-order valence-corrected chi connectivity index (χ2v) is 11.5. The van der Waals surface area contributed by atoms with E-state index in [9.17, 15) is 9.59 Å². The third kappa shape index (κ3) is 6.65. The molecule has 0 fully saturated rings. The molecule has 0 bridgehead atoms. The normalized spacial score (nSPS) is 14.9. The molecule has 202 valence electrons. The van der Waals surface area contributed by atoms with Gasteiger partial charge in [0.25, 0.3) is 5.91 Å². The fraction of sp³-hybridized carbons (Fsp3) is 0.438. The summed E-state index contributed by atoms with van der Waals surface area (Å²) < 4.78 is 5.77. The van der Waals surface area contributed by atoms with Crippen molar-refractivity contribution in [3.05, 3.63) is 87.1 Å². The van der Waals surface area contributed by atoms with Gasteiger partial charge in [-0.15, -0.1) is 11.3 Å². The van der Waals surface area contributed by atoms with Crippen molar-refractivity contribution in [3.8, 4) is 5.75 Å². The zero-order chi connectivity index (χ0) is 27.1. The van der Waals surface area contributed by atoms with E-state index < -0.39 is 0 Å². The number of fused-ring (bicyclic) bond motifs is 1. The Morgan fingerprint density at radius 1 is 1.08 bits per heavy atom. The minimum absolute atomic E-state index is 0.00766. The Labute approximate surface area is 231 Å². The molecule has 0 saturated heterocycles. The lowest BCUT2D eigenvalue weighted by Gasteiger charge is -2.38. The Morgan fingerprint density at radius 3 is 2.55 bits per heavy atom. The first-order chi connectivity index (χ1) is 18.4. The van der Waals surface area contributed by atoms with Gasteiger partial charge in [-0.05, 0) is 84.5 Å². The van der Waals surface area contributed by atoms with E-state index >= 15 is 0 Å². The smallest absolute Gasteiger partial charge is 0.254 e. The Bertz CT molecular complexity index is 1220. The molecule has 2 amide bonds. The maximum atomic E-state index is 13.9. The number of nitrogens with zero attached hydrogens (tertiary/aromatic N) is 2. The van der Waals surface area contributed by atoms with Gasteiger partial charge in [0.2, 0.25) is 5.91 Å². The van der Waals surface area contributed by atoms with Gasteiger partial charge in [-0.1, -0.05) is 51.5 Å². The van der Waals surface area contributed by atoms with E-state index in [4.69, 9.17) is 4.74 Å². The van der Waals surface area contributed by atoms with E-state index in [1.807, 2.05) is 41.3 Å². The average Bonchev–Trinajstić information content (AvgIpc) is 3.40. The summed E-state index contributed by atoms with van der Waals surface area (Å²) in [6, 6.07) is 17.7. The van der Waals surface area contributed by atoms with Gasteiger partial charge in [-0.3, -0.25) is 9.59 Å². The molecule has 0 saturated carbocycles. The number of unbranched alkanes of at least 4 members (excludes halogenated alkanes) is 1. The van der Waals surface area contributed by atoms with Crippen molar-refractivity contribution in [2.45, 2.75) is 59.4 Å². The minimum Gasteiger partial charge on any atom is -0.494 e. The van der Waals surface area contributed by atoms with E-state index in [0.717, 1.165) is 37.0 Å². The molecule has 38 heavy (non-hydrogen) atoms. The average molecular weight is 533 g/mol. The van der Waals surface area contributed by atoms with Gasteiger partial charge in [0.1, 0.15) is 12.3 Å². The van der Waals surface area contributed by atoms with Crippen LogP contribution >= 0.6 is 11.3 Å². The highest BCUT2D eigenvalue weighted by Gasteiger charge is 2.34. The van der Waals surface area contributed by atoms with Crippen molar-refractivity contribution in [1.29, 1.82) is 0 Å². The Hall–Kier alpha value is -3.12. The van der Waals surface area contributed by atoms with Gasteiger partial charge < -0.3 is 14.5 Å². The summed E-state index contributed by atoms with van der Waals surface area (Å²) in [6.07, 6.45) is 3.76. The number of hydrogen-bond acceptors (Lipinski definition) is 4. The molecule has 4 rings (SSSR count). The SMILES string of the molecule is CCCCOc1ccc(C(=O)N(CCC(C)C)CC(=O)N2CCc3sccc3C2c2ccccc2C)cc1. The summed E-state index contributed by atoms with van der Waals surface area (Å²) in [6.45, 7) is 10.5. The van der Waals surface area contributed by atoms with Crippen LogP contribution in [0, 0.1) is 12.8 Å². The van der Waals surface area contributed by atoms with Crippen molar-refractivity contribution >= 4 is 23.2 Å². The number of carbonyl (C=O) groups is 2. The summed E-state index contributed by atoms with van der Waals surface area (Å²) in [4.78, 5) is 32.6. The first-order valence-corrected chi connectivity index (χ1v) is 14.7. The van der Waals surface area contributed by atoms with Crippen LogP contribution in [0.4, 0.5) is 0 Å². The van der Waals surface area contributed by atoms with Crippen LogP contribution in [0.3, 0.4) is 0 Å². The number of ether oxygens (including phenoxy) is 1. The predicted molar refractivity (Wildman–Crippen MR) is 155 cm³/mol. The first-order valence-electron chi connectivity index (χ1n) is 13.8. The Balaban J connectivity index is 1.55. The predicted octanol–water partition coefficient (Wildman–Crippen LogP) is 6.90. The van der Waals surface area contributed by atoms with Crippen LogP contribution in [-0.4, -0.2) is 47.9 Å². The molecule has 1 atom stereocenters. The minimum atomic E-state index is -0.125. The van der Waals surface area contributed by atoms with Gasteiger partial charge in [-0.2, -0.15) is 0 Å². The maximum absolute atomic E-state index is 13.9. The Morgan fingerprint density at radius 2 is 1.84 bits per heavy atom. The van der Waals surface area contributed by atoms with Crippen LogP contribution in [0.25, 0.3) is 0 Å². The zero-order valence-electron chi connectivity index (χ0n) is 23.1. The second-order valence-electron chi connectivity index (χ2n) is 10.5. The molecular formula is C32H40N2O3S. The number of aryl methyl sites for hydroxylation is 1. The summed E-state index contributed by atoms with van der Waals surface area (Å²) >= 11 is 1.77. The van der Waals surface area contributed by atoms with Crippen LogP contribution in [0.5, 0.6) is 5.75 Å². The molecule has 2 heterocycles. The number of thiophene rings is 1. The van der Waals surface area contributed by atoms with Crippen LogP contribution in [0.15, 0.2) is 60.0 Å². The monoisotopic (exact) mass is 532 g/mol. The lowest BCUT2D eigenvalue weighted by molar-refractivity contribution is -0.134. The fourth-order valence-corrected chi connectivity index (χ4v) is 5.85. The van der Waals surface area contributed by atoms with Crippen LogP contribution in [-0.2, 0) is 11.2 Å². The molecule has 2 aromatic carbocycles. The van der Waals surface area contributed by atoms with Crippen LogP contribution in [0.2, 0.25) is 0 Å². The van der Waals surface area contributed by atoms with Gasteiger partial charge in [0.15, 0.2) is 0 Å². The van der Waals surface area contributed by atoms with Crippen molar-refractivity contribution in [3.63, 3.8) is 0 Å². The van der Waals surface area contributed by atoms with Crippen molar-refractivity contribution < 1.29 is 14.3 Å². The number of carbonyl (C=O) groups excluding carboxylic acids is 2. The lowest BCUT2D eigenvalue weighted by atomic mass is 9.90. The molecule has 0 spiro atoms. The molecule has 1 aromatic heterocycles. The van der Waals surface area contributed by atoms with E-state index in [-0.39, 0.29) is 24.4 Å². The summed E-state index contributed by atoms with van der Waals surface area (Å²) in [7, 11) is 0. The summed E-state index contributed by atoms with van der Waals surface area (Å²) in [5, 5.41) is 2.12. The highest BCUT2D eigenvalue weighted by atomic mass is 32.1. The number of rotatable bonds is 11. The summed E-state index contributed by atoms with van der Waals surface area (Å²) in [5.41, 5.74) is 4.11. The molecule has 5 nitrogen and oxygen atoms in total. The van der Waals surface area contributed by atoms with Crippen molar-refractivity contribution in [2.75, 3.05) is 26.2 Å². The quantitative estimate of drug-likeness (QED) is 0.253. The zero-order valence-corrected chi connectivity index (χ0v) is 23.9. The van der Waals surface area contributed by atoms with Crippen molar-refractivity contribution in [1.82, 2.24) is 9.80 Å². The fourth-order valence-electron chi connectivity index (χ4n) is 4.95. The maximum Gasteiger partial charge on any atom is 0.254 e. The molecule has 3 aromatic rings. The topological polar surface area (TPSA) is 49.9 Å². The molecule has 0 aliphatic carbocycles. The van der Waals surface area contributed by atoms with Gasteiger partial charge in [0, 0.05) is 23.5 Å². The highest BCUT2D eigenvalue weighted by Crippen LogP contribution is 2.39. The molecule has 0 N–H and O–H groups in total. The van der Waals surface area contributed by atoms with E-state index in [1.54, 1.807) is 16.2 Å². The second kappa shape index (κ2) is 13.1. The lowest BCUT2D eigenvalue weighted by Crippen LogP contribution is -2.47. The largest absolute Gasteiger partial charge is 0.494 e. The van der Waals surface area contributed by atoms with Crippen LogP contribution in [0.1, 0.15) is 78.0 Å². The molecule has 6 heteroatoms. The Kier molecular flexibility index (Phi) is 9.62. The number of amides is 2. The highest BCUT2D eigenvalue weighted by molar-refractivity contribution is 7.10. The van der Waals surface area contributed by atoms with Crippen molar-refractivity contribution in [2.24, 2.45) is 5.92 Å². The molecule has 1 aliphatic heterocycles. The standard InChI is InChI=1S/C32H40N2O3S/c1-5-6-20-37-26-13-11-25(12-14-26)32(36)33(18-15-23(2)3)22-30(35)34-19-16-29-28(17-21-38-29)31(34)27-10-8-7-9-24(27)4/h7-14,17,21,23,31H,5-6,15-16,18-20,22H2,1-4H3. The molecule has 1 unspecified atom stereocenters. The molecular weight excluding hydrogens is 492 g/mol. The third-order valence-corrected chi connectivity index (χ3v) is 8.22.